The zero-order chi connectivity index (χ0) is 13.2. The fourth-order valence-corrected chi connectivity index (χ4v) is 2.75. The molecule has 0 aromatic heterocycles. The van der Waals surface area contributed by atoms with Crippen LogP contribution in [0.3, 0.4) is 0 Å². The van der Waals surface area contributed by atoms with Crippen LogP contribution < -0.4 is 9.47 Å². The van der Waals surface area contributed by atoms with Gasteiger partial charge in [0.2, 0.25) is 0 Å². The van der Waals surface area contributed by atoms with Gasteiger partial charge in [-0.3, -0.25) is 0 Å². The van der Waals surface area contributed by atoms with E-state index in [4.69, 9.17) is 14.7 Å². The number of methoxy groups -OCH3 is 1. The third-order valence-corrected chi connectivity index (χ3v) is 3.70. The van der Waals surface area contributed by atoms with Crippen molar-refractivity contribution in [1.29, 1.82) is 5.26 Å². The summed E-state index contributed by atoms with van der Waals surface area (Å²) in [4.78, 5) is 0. The molecule has 0 N–H and O–H groups in total. The zero-order valence-electron chi connectivity index (χ0n) is 10.8. The molecule has 0 spiro atoms. The molecule has 3 nitrogen and oxygen atoms in total. The second kappa shape index (κ2) is 4.81. The van der Waals surface area contributed by atoms with Gasteiger partial charge in [-0.25, -0.2) is 0 Å². The minimum atomic E-state index is 0.254. The molecule has 2 aromatic rings. The maximum atomic E-state index is 9.00. The molecule has 96 valence electrons. The molecule has 0 saturated carbocycles. The Morgan fingerprint density at radius 2 is 2.21 bits per heavy atom. The smallest absolute Gasteiger partial charge is 0.123 e. The summed E-state index contributed by atoms with van der Waals surface area (Å²) in [7, 11) is 1.67. The first-order valence-electron chi connectivity index (χ1n) is 6.44. The van der Waals surface area contributed by atoms with Crippen LogP contribution in [0.15, 0.2) is 30.3 Å². The molecule has 0 saturated heterocycles. The van der Waals surface area contributed by atoms with Gasteiger partial charge in [-0.2, -0.15) is 5.26 Å². The average Bonchev–Trinajstić information content (AvgIpc) is 2.47. The molecule has 0 radical (unpaired) electrons. The first-order valence-corrected chi connectivity index (χ1v) is 6.44. The van der Waals surface area contributed by atoms with Gasteiger partial charge in [-0.1, -0.05) is 12.1 Å². The number of ether oxygens (including phenoxy) is 2. The number of hydrogen-bond acceptors (Lipinski definition) is 3. The summed E-state index contributed by atoms with van der Waals surface area (Å²) >= 11 is 0. The summed E-state index contributed by atoms with van der Waals surface area (Å²) in [5, 5.41) is 11.3. The van der Waals surface area contributed by atoms with Gasteiger partial charge in [-0.15, -0.1) is 0 Å². The third kappa shape index (κ3) is 2.00. The van der Waals surface area contributed by atoms with E-state index in [1.54, 1.807) is 7.11 Å². The number of nitriles is 1. The lowest BCUT2D eigenvalue weighted by atomic mass is 9.87. The predicted molar refractivity (Wildman–Crippen MR) is 73.6 cm³/mol. The molecule has 3 heteroatoms. The zero-order valence-corrected chi connectivity index (χ0v) is 10.8. The van der Waals surface area contributed by atoms with Crippen LogP contribution in [0.4, 0.5) is 0 Å². The second-order valence-corrected chi connectivity index (χ2v) is 4.76. The molecule has 1 heterocycles. The van der Waals surface area contributed by atoms with Crippen LogP contribution in [0.1, 0.15) is 24.3 Å². The molecule has 19 heavy (non-hydrogen) atoms. The SMILES string of the molecule is COc1ccc2ccc3c(c2c1)C(CC#N)CCO3. The van der Waals surface area contributed by atoms with Crippen molar-refractivity contribution in [2.75, 3.05) is 13.7 Å². The van der Waals surface area contributed by atoms with Crippen LogP contribution in [0.5, 0.6) is 11.5 Å². The summed E-state index contributed by atoms with van der Waals surface area (Å²) in [5.41, 5.74) is 1.16. The number of rotatable bonds is 2. The lowest BCUT2D eigenvalue weighted by Crippen LogP contribution is -2.14. The van der Waals surface area contributed by atoms with Crippen molar-refractivity contribution < 1.29 is 9.47 Å². The first kappa shape index (κ1) is 11.9. The van der Waals surface area contributed by atoms with Gasteiger partial charge in [0.05, 0.1) is 19.8 Å². The number of fused-ring (bicyclic) bond motifs is 3. The fraction of sp³-hybridized carbons (Fsp3) is 0.312. The van der Waals surface area contributed by atoms with Crippen molar-refractivity contribution in [3.63, 3.8) is 0 Å². The molecule has 0 amide bonds. The maximum absolute atomic E-state index is 9.00. The first-order chi connectivity index (χ1) is 9.33. The quantitative estimate of drug-likeness (QED) is 0.820. The van der Waals surface area contributed by atoms with E-state index in [0.717, 1.165) is 34.3 Å². The van der Waals surface area contributed by atoms with Crippen LogP contribution in [-0.2, 0) is 0 Å². The van der Waals surface area contributed by atoms with E-state index in [0.29, 0.717) is 13.0 Å². The van der Waals surface area contributed by atoms with Crippen molar-refractivity contribution in [3.8, 4) is 17.6 Å². The van der Waals surface area contributed by atoms with Crippen molar-refractivity contribution in [1.82, 2.24) is 0 Å². The van der Waals surface area contributed by atoms with Gasteiger partial charge in [0.15, 0.2) is 0 Å². The number of nitrogens with zero attached hydrogens (tertiary/aromatic N) is 1. The Labute approximate surface area is 112 Å². The molecule has 1 aliphatic rings. The molecule has 2 aromatic carbocycles. The highest BCUT2D eigenvalue weighted by molar-refractivity contribution is 5.89. The summed E-state index contributed by atoms with van der Waals surface area (Å²) in [6.07, 6.45) is 1.43. The van der Waals surface area contributed by atoms with Gasteiger partial charge in [0, 0.05) is 17.9 Å². The van der Waals surface area contributed by atoms with E-state index in [-0.39, 0.29) is 5.92 Å². The topological polar surface area (TPSA) is 42.2 Å². The molecule has 1 atom stereocenters. The van der Waals surface area contributed by atoms with Crippen LogP contribution in [-0.4, -0.2) is 13.7 Å². The Morgan fingerprint density at radius 3 is 3.00 bits per heavy atom. The Hall–Kier alpha value is -2.21. The van der Waals surface area contributed by atoms with E-state index < -0.39 is 0 Å². The molecule has 0 fully saturated rings. The summed E-state index contributed by atoms with van der Waals surface area (Å²) in [6.45, 7) is 0.689. The van der Waals surface area contributed by atoms with Gasteiger partial charge in [0.25, 0.3) is 0 Å². The molecule has 0 aliphatic carbocycles. The number of benzene rings is 2. The Morgan fingerprint density at radius 1 is 1.37 bits per heavy atom. The normalized spacial score (nSPS) is 17.4. The molecular weight excluding hydrogens is 238 g/mol. The molecule has 1 unspecified atom stereocenters. The summed E-state index contributed by atoms with van der Waals surface area (Å²) < 4.78 is 11.0. The largest absolute Gasteiger partial charge is 0.497 e. The van der Waals surface area contributed by atoms with Gasteiger partial charge >= 0.3 is 0 Å². The van der Waals surface area contributed by atoms with Crippen LogP contribution in [0.2, 0.25) is 0 Å². The van der Waals surface area contributed by atoms with E-state index >= 15 is 0 Å². The lowest BCUT2D eigenvalue weighted by Gasteiger charge is -2.26. The van der Waals surface area contributed by atoms with Gasteiger partial charge < -0.3 is 9.47 Å². The summed E-state index contributed by atoms with van der Waals surface area (Å²) in [5.74, 6) is 2.00. The number of hydrogen-bond donors (Lipinski definition) is 0. The highest BCUT2D eigenvalue weighted by Gasteiger charge is 2.23. The van der Waals surface area contributed by atoms with Crippen LogP contribution in [0, 0.1) is 11.3 Å². The van der Waals surface area contributed by atoms with Crippen molar-refractivity contribution in [3.05, 3.63) is 35.9 Å². The molecule has 3 rings (SSSR count). The van der Waals surface area contributed by atoms with E-state index in [1.807, 2.05) is 24.3 Å². The van der Waals surface area contributed by atoms with Crippen LogP contribution in [0.25, 0.3) is 10.8 Å². The molecular formula is C16H15NO2. The maximum Gasteiger partial charge on any atom is 0.123 e. The molecule has 0 bridgehead atoms. The minimum Gasteiger partial charge on any atom is -0.497 e. The van der Waals surface area contributed by atoms with Gasteiger partial charge in [-0.05, 0) is 35.4 Å². The van der Waals surface area contributed by atoms with E-state index in [9.17, 15) is 0 Å². The standard InChI is InChI=1S/C16H15NO2/c1-18-13-4-2-11-3-5-15-16(14(11)10-13)12(6-8-17)7-9-19-15/h2-5,10,12H,6-7,9H2,1H3. The van der Waals surface area contributed by atoms with Crippen LogP contribution >= 0.6 is 0 Å². The Balaban J connectivity index is 2.24. The highest BCUT2D eigenvalue weighted by Crippen LogP contribution is 2.41. The third-order valence-electron chi connectivity index (χ3n) is 3.70. The van der Waals surface area contributed by atoms with Crippen molar-refractivity contribution in [2.24, 2.45) is 0 Å². The highest BCUT2D eigenvalue weighted by atomic mass is 16.5. The van der Waals surface area contributed by atoms with Gasteiger partial charge in [0.1, 0.15) is 11.5 Å². The van der Waals surface area contributed by atoms with E-state index in [1.165, 1.54) is 0 Å². The Kier molecular flexibility index (Phi) is 3.00. The second-order valence-electron chi connectivity index (χ2n) is 4.76. The van der Waals surface area contributed by atoms with Crippen molar-refractivity contribution in [2.45, 2.75) is 18.8 Å². The van der Waals surface area contributed by atoms with E-state index in [2.05, 4.69) is 12.1 Å². The fourth-order valence-electron chi connectivity index (χ4n) is 2.75. The average molecular weight is 253 g/mol. The van der Waals surface area contributed by atoms with Crippen molar-refractivity contribution >= 4 is 10.8 Å². The predicted octanol–water partition coefficient (Wildman–Crippen LogP) is 3.63. The lowest BCUT2D eigenvalue weighted by molar-refractivity contribution is 0.269. The monoisotopic (exact) mass is 253 g/mol. The minimum absolute atomic E-state index is 0.254. The Bertz CT molecular complexity index is 652. The summed E-state index contributed by atoms with van der Waals surface area (Å²) in [6, 6.07) is 12.4. The molecule has 1 aliphatic heterocycles.